The molecular formula is C18H17N5O2. The van der Waals surface area contributed by atoms with E-state index in [1.54, 1.807) is 7.05 Å². The molecule has 1 unspecified atom stereocenters. The van der Waals surface area contributed by atoms with Crippen LogP contribution >= 0.6 is 0 Å². The number of carbonyl (C=O) groups excluding carboxylic acids is 2. The molecule has 2 N–H and O–H groups in total. The molecule has 1 aromatic carbocycles. The number of likely N-dealkylation sites (N-methyl/N-ethyl adjacent to an activating group) is 1. The van der Waals surface area contributed by atoms with Crippen LogP contribution in [0.4, 0.5) is 4.79 Å². The Hall–Kier alpha value is -2.96. The lowest BCUT2D eigenvalue weighted by molar-refractivity contribution is -0.125. The molecular weight excluding hydrogens is 318 g/mol. The maximum atomic E-state index is 12.4. The molecule has 0 radical (unpaired) electrons. The van der Waals surface area contributed by atoms with Gasteiger partial charge in [0.05, 0.1) is 11.0 Å². The Bertz CT molecular complexity index is 1020. The quantitative estimate of drug-likeness (QED) is 0.662. The van der Waals surface area contributed by atoms with Gasteiger partial charge >= 0.3 is 6.03 Å². The van der Waals surface area contributed by atoms with Crippen molar-refractivity contribution < 1.29 is 9.59 Å². The molecule has 5 rings (SSSR count). The number of H-pyrrole nitrogens is 1. The molecule has 1 atom stereocenters. The molecule has 126 valence electrons. The Labute approximate surface area is 143 Å². The molecule has 25 heavy (non-hydrogen) atoms. The van der Waals surface area contributed by atoms with Crippen LogP contribution in [-0.2, 0) is 24.1 Å². The highest BCUT2D eigenvalue weighted by atomic mass is 16.2. The number of nitrogens with one attached hydrogen (secondary N) is 2. The average Bonchev–Trinajstić information content (AvgIpc) is 3.22. The number of carbonyl (C=O) groups is 2. The Morgan fingerprint density at radius 2 is 1.92 bits per heavy atom. The normalized spacial score (nSPS) is 22.4. The summed E-state index contributed by atoms with van der Waals surface area (Å²) in [7, 11) is 1.68. The third-order valence-electron chi connectivity index (χ3n) is 5.53. The smallest absolute Gasteiger partial charge is 0.324 e. The monoisotopic (exact) mass is 335 g/mol. The SMILES string of the molecule is CCc1nc2nc3cc4c(cc3cc2[nH]1)CC1(C4)C(=O)NC(=O)N1C. The van der Waals surface area contributed by atoms with E-state index in [4.69, 9.17) is 0 Å². The summed E-state index contributed by atoms with van der Waals surface area (Å²) in [6.07, 6.45) is 1.89. The number of aromatic nitrogens is 3. The minimum Gasteiger partial charge on any atom is -0.341 e. The van der Waals surface area contributed by atoms with E-state index >= 15 is 0 Å². The molecule has 1 fully saturated rings. The van der Waals surface area contributed by atoms with Crippen molar-refractivity contribution in [2.45, 2.75) is 31.7 Å². The summed E-state index contributed by atoms with van der Waals surface area (Å²) in [5, 5.41) is 3.44. The number of nitrogens with zero attached hydrogens (tertiary/aromatic N) is 3. The van der Waals surface area contributed by atoms with Gasteiger partial charge in [-0.25, -0.2) is 14.8 Å². The maximum Gasteiger partial charge on any atom is 0.324 e. The van der Waals surface area contributed by atoms with Crippen LogP contribution in [0.15, 0.2) is 18.2 Å². The average molecular weight is 335 g/mol. The fourth-order valence-electron chi connectivity index (χ4n) is 4.02. The van der Waals surface area contributed by atoms with E-state index in [0.29, 0.717) is 18.5 Å². The zero-order chi connectivity index (χ0) is 17.3. The van der Waals surface area contributed by atoms with Crippen molar-refractivity contribution >= 4 is 34.0 Å². The zero-order valence-electron chi connectivity index (χ0n) is 14.0. The first-order valence-corrected chi connectivity index (χ1v) is 8.40. The molecule has 1 spiro atoms. The number of aryl methyl sites for hydroxylation is 1. The number of urea groups is 1. The molecule has 0 bridgehead atoms. The van der Waals surface area contributed by atoms with Gasteiger partial charge in [0.2, 0.25) is 0 Å². The second-order valence-electron chi connectivity index (χ2n) is 6.91. The van der Waals surface area contributed by atoms with E-state index in [2.05, 4.69) is 39.3 Å². The van der Waals surface area contributed by atoms with Crippen LogP contribution in [-0.4, -0.2) is 44.4 Å². The second-order valence-corrected chi connectivity index (χ2v) is 6.91. The second kappa shape index (κ2) is 4.56. The molecule has 7 nitrogen and oxygen atoms in total. The Balaban J connectivity index is 1.65. The van der Waals surface area contributed by atoms with Crippen molar-refractivity contribution in [3.05, 3.63) is 35.2 Å². The number of hydrogen-bond acceptors (Lipinski definition) is 4. The lowest BCUT2D eigenvalue weighted by Gasteiger charge is -2.27. The number of aromatic amines is 1. The van der Waals surface area contributed by atoms with Crippen molar-refractivity contribution in [1.29, 1.82) is 0 Å². The fourth-order valence-corrected chi connectivity index (χ4v) is 4.02. The number of fused-ring (bicyclic) bond motifs is 3. The van der Waals surface area contributed by atoms with Gasteiger partial charge in [0.25, 0.3) is 5.91 Å². The number of imide groups is 1. The van der Waals surface area contributed by atoms with Gasteiger partial charge in [0.15, 0.2) is 5.65 Å². The van der Waals surface area contributed by atoms with Gasteiger partial charge in [-0.05, 0) is 29.3 Å². The van der Waals surface area contributed by atoms with Crippen LogP contribution in [0.25, 0.3) is 22.1 Å². The summed E-state index contributed by atoms with van der Waals surface area (Å²) in [5.41, 5.74) is 3.87. The number of benzene rings is 1. The third kappa shape index (κ3) is 1.80. The largest absolute Gasteiger partial charge is 0.341 e. The number of hydrogen-bond donors (Lipinski definition) is 2. The van der Waals surface area contributed by atoms with Gasteiger partial charge in [-0.15, -0.1) is 0 Å². The first-order valence-electron chi connectivity index (χ1n) is 8.40. The van der Waals surface area contributed by atoms with E-state index in [9.17, 15) is 9.59 Å². The van der Waals surface area contributed by atoms with Gasteiger partial charge < -0.3 is 9.88 Å². The van der Waals surface area contributed by atoms with Crippen LogP contribution in [0.5, 0.6) is 0 Å². The lowest BCUT2D eigenvalue weighted by atomic mass is 9.95. The number of amides is 3. The molecule has 1 aliphatic heterocycles. The molecule has 3 amide bonds. The summed E-state index contributed by atoms with van der Waals surface area (Å²) in [5.74, 6) is 0.710. The van der Waals surface area contributed by atoms with E-state index in [1.165, 1.54) is 4.90 Å². The van der Waals surface area contributed by atoms with Crippen LogP contribution in [0.2, 0.25) is 0 Å². The van der Waals surface area contributed by atoms with Gasteiger partial charge in [-0.2, -0.15) is 0 Å². The Morgan fingerprint density at radius 1 is 1.16 bits per heavy atom. The van der Waals surface area contributed by atoms with Crippen molar-refractivity contribution in [3.63, 3.8) is 0 Å². The van der Waals surface area contributed by atoms with E-state index in [1.807, 2.05) is 6.07 Å². The minimum atomic E-state index is -0.800. The molecule has 0 saturated carbocycles. The van der Waals surface area contributed by atoms with E-state index in [0.717, 1.165) is 39.8 Å². The highest BCUT2D eigenvalue weighted by Crippen LogP contribution is 2.38. The van der Waals surface area contributed by atoms with E-state index < -0.39 is 5.54 Å². The summed E-state index contributed by atoms with van der Waals surface area (Å²) in [6.45, 7) is 2.05. The number of pyridine rings is 1. The minimum absolute atomic E-state index is 0.213. The fraction of sp³-hybridized carbons (Fsp3) is 0.333. The highest BCUT2D eigenvalue weighted by Gasteiger charge is 2.54. The predicted molar refractivity (Wildman–Crippen MR) is 92.2 cm³/mol. The molecule has 3 aromatic rings. The highest BCUT2D eigenvalue weighted by molar-refractivity contribution is 6.08. The Morgan fingerprint density at radius 3 is 2.60 bits per heavy atom. The summed E-state index contributed by atoms with van der Waals surface area (Å²) < 4.78 is 0. The van der Waals surface area contributed by atoms with Crippen LogP contribution in [0, 0.1) is 0 Å². The van der Waals surface area contributed by atoms with Crippen molar-refractivity contribution in [1.82, 2.24) is 25.2 Å². The lowest BCUT2D eigenvalue weighted by Crippen LogP contribution is -2.48. The number of imidazole rings is 1. The van der Waals surface area contributed by atoms with Crippen molar-refractivity contribution in [2.24, 2.45) is 0 Å². The van der Waals surface area contributed by atoms with Crippen LogP contribution in [0.1, 0.15) is 23.9 Å². The van der Waals surface area contributed by atoms with Gasteiger partial charge in [0, 0.05) is 31.7 Å². The van der Waals surface area contributed by atoms with E-state index in [-0.39, 0.29) is 11.9 Å². The molecule has 1 saturated heterocycles. The topological polar surface area (TPSA) is 91.0 Å². The standard InChI is InChI=1S/C18H17N5O2/c1-3-14-19-13-5-9-4-10-7-18(16(24)22-17(25)23(18)2)8-11(10)6-12(9)20-15(13)21-14/h4-6H,3,7-8H2,1-2H3,(H,19,20,21)(H,22,24,25). The Kier molecular flexibility index (Phi) is 2.63. The van der Waals surface area contributed by atoms with Crippen molar-refractivity contribution in [3.8, 4) is 0 Å². The van der Waals surface area contributed by atoms with Gasteiger partial charge in [0.1, 0.15) is 11.4 Å². The molecule has 1 aliphatic carbocycles. The molecule has 7 heteroatoms. The summed E-state index contributed by atoms with van der Waals surface area (Å²) in [6, 6.07) is 5.84. The first-order chi connectivity index (χ1) is 12.0. The molecule has 2 aliphatic rings. The van der Waals surface area contributed by atoms with Gasteiger partial charge in [-0.1, -0.05) is 6.92 Å². The van der Waals surface area contributed by atoms with Crippen molar-refractivity contribution in [2.75, 3.05) is 7.05 Å². The predicted octanol–water partition coefficient (Wildman–Crippen LogP) is 1.69. The summed E-state index contributed by atoms with van der Waals surface area (Å²) >= 11 is 0. The van der Waals surface area contributed by atoms with Crippen LogP contribution in [0.3, 0.4) is 0 Å². The molecule has 2 aromatic heterocycles. The van der Waals surface area contributed by atoms with Crippen LogP contribution < -0.4 is 5.32 Å². The third-order valence-corrected chi connectivity index (χ3v) is 5.53. The molecule has 3 heterocycles. The maximum absolute atomic E-state index is 12.4. The summed E-state index contributed by atoms with van der Waals surface area (Å²) in [4.78, 5) is 38.3. The first kappa shape index (κ1) is 14.4. The van der Waals surface area contributed by atoms with Gasteiger partial charge in [-0.3, -0.25) is 10.1 Å². The number of rotatable bonds is 1. The zero-order valence-corrected chi connectivity index (χ0v) is 14.0.